The van der Waals surface area contributed by atoms with E-state index in [1.54, 1.807) is 0 Å². The molecule has 0 aliphatic carbocycles. The van der Waals surface area contributed by atoms with E-state index in [1.807, 2.05) is 31.2 Å². The van der Waals surface area contributed by atoms with Crippen molar-refractivity contribution in [2.24, 2.45) is 0 Å². The van der Waals surface area contributed by atoms with E-state index in [9.17, 15) is 9.59 Å². The van der Waals surface area contributed by atoms with E-state index in [-0.39, 0.29) is 24.4 Å². The fourth-order valence-electron chi connectivity index (χ4n) is 1.53. The van der Waals surface area contributed by atoms with Gasteiger partial charge in [-0.15, -0.1) is 0 Å². The van der Waals surface area contributed by atoms with Crippen molar-refractivity contribution in [1.82, 2.24) is 10.6 Å². The van der Waals surface area contributed by atoms with Crippen LogP contribution in [-0.4, -0.2) is 11.8 Å². The highest BCUT2D eigenvalue weighted by molar-refractivity contribution is 5.99. The van der Waals surface area contributed by atoms with Gasteiger partial charge < -0.3 is 10.6 Å². The van der Waals surface area contributed by atoms with Crippen LogP contribution >= 0.6 is 0 Å². The Morgan fingerprint density at radius 3 is 2.13 bits per heavy atom. The molecule has 1 saturated heterocycles. The van der Waals surface area contributed by atoms with Crippen molar-refractivity contribution in [2.75, 3.05) is 0 Å². The molecule has 1 aromatic carbocycles. The Balaban J connectivity index is 2.19. The van der Waals surface area contributed by atoms with Gasteiger partial charge in [0.2, 0.25) is 11.8 Å². The molecule has 2 rings (SSSR count). The first kappa shape index (κ1) is 9.71. The molecule has 4 heteroatoms. The average Bonchev–Trinajstić information content (AvgIpc) is 2.17. The molecule has 4 nitrogen and oxygen atoms in total. The lowest BCUT2D eigenvalue weighted by Crippen LogP contribution is -2.48. The number of hydrogen-bond acceptors (Lipinski definition) is 2. The zero-order valence-corrected chi connectivity index (χ0v) is 8.41. The van der Waals surface area contributed by atoms with Crippen LogP contribution in [-0.2, 0) is 9.59 Å². The third kappa shape index (κ3) is 2.15. The van der Waals surface area contributed by atoms with E-state index in [1.165, 1.54) is 0 Å². The lowest BCUT2D eigenvalue weighted by Gasteiger charge is -2.24. The maximum absolute atomic E-state index is 11.2. The maximum atomic E-state index is 11.2. The minimum atomic E-state index is -0.389. The molecule has 1 heterocycles. The minimum absolute atomic E-state index is 0.0810. The molecule has 0 radical (unpaired) electrons. The smallest absolute Gasteiger partial charge is 0.231 e. The summed E-state index contributed by atoms with van der Waals surface area (Å²) in [6.07, 6.45) is -0.470. The fourth-order valence-corrected chi connectivity index (χ4v) is 1.53. The SMILES string of the molecule is Cc1ccc(C2NC(=O)CC(=O)N2)cc1. The lowest BCUT2D eigenvalue weighted by molar-refractivity contribution is -0.134. The molecule has 78 valence electrons. The van der Waals surface area contributed by atoms with Crippen LogP contribution in [0.5, 0.6) is 0 Å². The number of rotatable bonds is 1. The zero-order valence-electron chi connectivity index (χ0n) is 8.41. The second-order valence-corrected chi connectivity index (χ2v) is 3.66. The first-order valence-electron chi connectivity index (χ1n) is 4.80. The van der Waals surface area contributed by atoms with Crippen molar-refractivity contribution < 1.29 is 9.59 Å². The van der Waals surface area contributed by atoms with Gasteiger partial charge in [0.25, 0.3) is 0 Å². The van der Waals surface area contributed by atoms with Crippen molar-refractivity contribution >= 4 is 11.8 Å². The first-order chi connectivity index (χ1) is 7.15. The summed E-state index contributed by atoms with van der Waals surface area (Å²) in [5, 5.41) is 5.42. The highest BCUT2D eigenvalue weighted by Crippen LogP contribution is 2.13. The van der Waals surface area contributed by atoms with Crippen LogP contribution in [0.2, 0.25) is 0 Å². The van der Waals surface area contributed by atoms with Gasteiger partial charge in [-0.1, -0.05) is 29.8 Å². The quantitative estimate of drug-likeness (QED) is 0.659. The Bertz CT molecular complexity index is 382. The second kappa shape index (κ2) is 3.73. The highest BCUT2D eigenvalue weighted by atomic mass is 16.2. The summed E-state index contributed by atoms with van der Waals surface area (Å²) in [6.45, 7) is 1.99. The molecule has 2 N–H and O–H groups in total. The van der Waals surface area contributed by atoms with E-state index in [4.69, 9.17) is 0 Å². The Kier molecular flexibility index (Phi) is 2.41. The topological polar surface area (TPSA) is 58.2 Å². The average molecular weight is 204 g/mol. The Hall–Kier alpha value is -1.84. The number of amides is 2. The van der Waals surface area contributed by atoms with Crippen LogP contribution in [0.1, 0.15) is 23.7 Å². The van der Waals surface area contributed by atoms with Gasteiger partial charge in [0.1, 0.15) is 12.6 Å². The van der Waals surface area contributed by atoms with Crippen molar-refractivity contribution in [2.45, 2.75) is 19.5 Å². The molecular weight excluding hydrogens is 192 g/mol. The molecule has 1 aromatic rings. The third-order valence-corrected chi connectivity index (χ3v) is 2.34. The predicted octanol–water partition coefficient (Wildman–Crippen LogP) is 0.630. The van der Waals surface area contributed by atoms with Crippen molar-refractivity contribution in [3.05, 3.63) is 35.4 Å². The summed E-state index contributed by atoms with van der Waals surface area (Å²) >= 11 is 0. The predicted molar refractivity (Wildman–Crippen MR) is 54.8 cm³/mol. The molecule has 1 aliphatic heterocycles. The Morgan fingerprint density at radius 1 is 1.07 bits per heavy atom. The van der Waals surface area contributed by atoms with Gasteiger partial charge in [-0.25, -0.2) is 0 Å². The summed E-state index contributed by atoms with van der Waals surface area (Å²) in [5.41, 5.74) is 2.04. The molecule has 0 saturated carbocycles. The maximum Gasteiger partial charge on any atom is 0.231 e. The molecule has 1 aliphatic rings. The molecule has 0 spiro atoms. The summed E-state index contributed by atoms with van der Waals surface area (Å²) in [4.78, 5) is 22.3. The van der Waals surface area contributed by atoms with Gasteiger partial charge >= 0.3 is 0 Å². The molecule has 0 unspecified atom stereocenters. The van der Waals surface area contributed by atoms with Crippen molar-refractivity contribution in [3.8, 4) is 0 Å². The van der Waals surface area contributed by atoms with Crippen LogP contribution in [0, 0.1) is 6.92 Å². The number of aryl methyl sites for hydroxylation is 1. The van der Waals surface area contributed by atoms with Crippen LogP contribution < -0.4 is 10.6 Å². The minimum Gasteiger partial charge on any atom is -0.332 e. The molecule has 15 heavy (non-hydrogen) atoms. The Labute approximate surface area is 87.7 Å². The normalized spacial score (nSPS) is 17.1. The third-order valence-electron chi connectivity index (χ3n) is 2.34. The van der Waals surface area contributed by atoms with E-state index in [0.717, 1.165) is 11.1 Å². The summed E-state index contributed by atoms with van der Waals surface area (Å²) in [7, 11) is 0. The molecule has 0 aromatic heterocycles. The van der Waals surface area contributed by atoms with Gasteiger partial charge in [0.05, 0.1) is 0 Å². The largest absolute Gasteiger partial charge is 0.332 e. The second-order valence-electron chi connectivity index (χ2n) is 3.66. The summed E-state index contributed by atoms with van der Waals surface area (Å²) in [5.74, 6) is -0.464. The number of benzene rings is 1. The van der Waals surface area contributed by atoms with Crippen LogP contribution in [0.25, 0.3) is 0 Å². The van der Waals surface area contributed by atoms with Crippen molar-refractivity contribution in [1.29, 1.82) is 0 Å². The van der Waals surface area contributed by atoms with E-state index in [0.29, 0.717) is 0 Å². The van der Waals surface area contributed by atoms with Crippen LogP contribution in [0.15, 0.2) is 24.3 Å². The van der Waals surface area contributed by atoms with Gasteiger partial charge in [-0.2, -0.15) is 0 Å². The van der Waals surface area contributed by atoms with E-state index in [2.05, 4.69) is 10.6 Å². The molecule has 0 bridgehead atoms. The van der Waals surface area contributed by atoms with E-state index < -0.39 is 0 Å². The first-order valence-corrected chi connectivity index (χ1v) is 4.80. The van der Waals surface area contributed by atoms with Crippen LogP contribution in [0.4, 0.5) is 0 Å². The Morgan fingerprint density at radius 2 is 1.60 bits per heavy atom. The van der Waals surface area contributed by atoms with E-state index >= 15 is 0 Å². The fraction of sp³-hybridized carbons (Fsp3) is 0.273. The van der Waals surface area contributed by atoms with Crippen molar-refractivity contribution in [3.63, 3.8) is 0 Å². The molecule has 2 amide bonds. The number of nitrogens with one attached hydrogen (secondary N) is 2. The highest BCUT2D eigenvalue weighted by Gasteiger charge is 2.23. The summed E-state index contributed by atoms with van der Waals surface area (Å²) < 4.78 is 0. The van der Waals surface area contributed by atoms with Crippen LogP contribution in [0.3, 0.4) is 0 Å². The number of carbonyl (C=O) groups is 2. The number of carbonyl (C=O) groups excluding carboxylic acids is 2. The summed E-state index contributed by atoms with van der Waals surface area (Å²) in [6, 6.07) is 7.68. The van der Waals surface area contributed by atoms with Gasteiger partial charge in [0, 0.05) is 0 Å². The monoisotopic (exact) mass is 204 g/mol. The molecule has 0 atom stereocenters. The molecule has 1 fully saturated rings. The van der Waals surface area contributed by atoms with Gasteiger partial charge in [-0.3, -0.25) is 9.59 Å². The van der Waals surface area contributed by atoms with Gasteiger partial charge in [0.15, 0.2) is 0 Å². The zero-order chi connectivity index (χ0) is 10.8. The van der Waals surface area contributed by atoms with Gasteiger partial charge in [-0.05, 0) is 12.5 Å². The standard InChI is InChI=1S/C11H12N2O2/c1-7-2-4-8(5-3-7)11-12-9(14)6-10(15)13-11/h2-5,11H,6H2,1H3,(H,12,14)(H,13,15). The number of hydrogen-bond donors (Lipinski definition) is 2. The lowest BCUT2D eigenvalue weighted by atomic mass is 10.1. The molecular formula is C11H12N2O2.